The second-order valence-electron chi connectivity index (χ2n) is 3.89. The number of anilines is 1. The van der Waals surface area contributed by atoms with E-state index in [-0.39, 0.29) is 12.2 Å². The van der Waals surface area contributed by atoms with Gasteiger partial charge in [0.2, 0.25) is 0 Å². The lowest BCUT2D eigenvalue weighted by molar-refractivity contribution is 0.642. The molecule has 2 heterocycles. The molecule has 0 aliphatic carbocycles. The van der Waals surface area contributed by atoms with Crippen molar-refractivity contribution in [3.05, 3.63) is 45.0 Å². The summed E-state index contributed by atoms with van der Waals surface area (Å²) >= 11 is 0. The Kier molecular flexibility index (Phi) is 2.58. The van der Waals surface area contributed by atoms with E-state index in [2.05, 4.69) is 5.10 Å². The van der Waals surface area contributed by atoms with Gasteiger partial charge in [0, 0.05) is 32.1 Å². The highest BCUT2D eigenvalue weighted by atomic mass is 16.2. The Balaban J connectivity index is 2.53. The molecular weight excluding hydrogens is 222 g/mol. The number of hydrogen-bond donors (Lipinski definition) is 1. The Bertz CT molecular complexity index is 630. The fraction of sp³-hybridized carbons (Fsp3) is 0.300. The van der Waals surface area contributed by atoms with Crippen LogP contribution in [0.2, 0.25) is 0 Å². The van der Waals surface area contributed by atoms with Gasteiger partial charge in [-0.05, 0) is 0 Å². The predicted octanol–water partition coefficient (Wildman–Crippen LogP) is -1.09. The first kappa shape index (κ1) is 11.2. The van der Waals surface area contributed by atoms with Gasteiger partial charge < -0.3 is 10.3 Å². The van der Waals surface area contributed by atoms with Gasteiger partial charge in [0.15, 0.2) is 0 Å². The molecule has 17 heavy (non-hydrogen) atoms. The third kappa shape index (κ3) is 1.99. The molecule has 2 aromatic heterocycles. The summed E-state index contributed by atoms with van der Waals surface area (Å²) in [6.07, 6.45) is 4.68. The maximum absolute atomic E-state index is 11.8. The Labute approximate surface area is 96.7 Å². The van der Waals surface area contributed by atoms with Crippen molar-refractivity contribution in [3.8, 4) is 0 Å². The molecular formula is C10H13N5O2. The van der Waals surface area contributed by atoms with Crippen LogP contribution in [-0.2, 0) is 20.6 Å². The molecule has 0 radical (unpaired) electrons. The van der Waals surface area contributed by atoms with Gasteiger partial charge in [-0.3, -0.25) is 14.0 Å². The van der Waals surface area contributed by atoms with Crippen LogP contribution in [0.3, 0.4) is 0 Å². The van der Waals surface area contributed by atoms with Crippen LogP contribution < -0.4 is 17.0 Å². The first-order valence-corrected chi connectivity index (χ1v) is 5.02. The summed E-state index contributed by atoms with van der Waals surface area (Å²) < 4.78 is 3.98. The fourth-order valence-corrected chi connectivity index (χ4v) is 1.63. The van der Waals surface area contributed by atoms with Crippen LogP contribution in [-0.4, -0.2) is 18.9 Å². The summed E-state index contributed by atoms with van der Waals surface area (Å²) in [4.78, 5) is 23.5. The van der Waals surface area contributed by atoms with E-state index in [1.165, 1.54) is 10.8 Å². The minimum atomic E-state index is -0.475. The summed E-state index contributed by atoms with van der Waals surface area (Å²) in [6, 6.07) is 0. The molecule has 7 nitrogen and oxygen atoms in total. The maximum atomic E-state index is 11.8. The van der Waals surface area contributed by atoms with E-state index in [0.717, 1.165) is 10.1 Å². The number of aromatic nitrogens is 4. The summed E-state index contributed by atoms with van der Waals surface area (Å²) in [6.45, 7) is 0.171. The molecule has 7 heteroatoms. The Morgan fingerprint density at radius 2 is 2.00 bits per heavy atom. The van der Waals surface area contributed by atoms with Gasteiger partial charge in [-0.1, -0.05) is 0 Å². The molecule has 0 fully saturated rings. The molecule has 2 N–H and O–H groups in total. The summed E-state index contributed by atoms with van der Waals surface area (Å²) in [5.41, 5.74) is 5.49. The zero-order valence-corrected chi connectivity index (χ0v) is 9.62. The quantitative estimate of drug-likeness (QED) is 0.716. The average molecular weight is 235 g/mol. The fourth-order valence-electron chi connectivity index (χ4n) is 1.63. The van der Waals surface area contributed by atoms with Crippen molar-refractivity contribution < 1.29 is 0 Å². The lowest BCUT2D eigenvalue weighted by Crippen LogP contribution is -2.39. The first-order valence-electron chi connectivity index (χ1n) is 5.02. The van der Waals surface area contributed by atoms with E-state index >= 15 is 0 Å². The molecule has 0 aliphatic heterocycles. The average Bonchev–Trinajstić information content (AvgIpc) is 2.68. The number of nitrogens with zero attached hydrogens (tertiary/aromatic N) is 4. The van der Waals surface area contributed by atoms with Crippen LogP contribution in [0.1, 0.15) is 5.56 Å². The molecule has 0 saturated heterocycles. The van der Waals surface area contributed by atoms with Crippen LogP contribution in [0.15, 0.2) is 28.2 Å². The molecule has 0 spiro atoms. The summed E-state index contributed by atoms with van der Waals surface area (Å²) in [7, 11) is 3.32. The van der Waals surface area contributed by atoms with Gasteiger partial charge in [0.05, 0.1) is 12.7 Å². The van der Waals surface area contributed by atoms with Crippen LogP contribution in [0.25, 0.3) is 0 Å². The Morgan fingerprint density at radius 3 is 2.59 bits per heavy atom. The third-order valence-corrected chi connectivity index (χ3v) is 2.46. The van der Waals surface area contributed by atoms with E-state index < -0.39 is 11.2 Å². The van der Waals surface area contributed by atoms with Gasteiger partial charge in [-0.2, -0.15) is 5.10 Å². The Morgan fingerprint density at radius 1 is 1.29 bits per heavy atom. The molecule has 0 saturated carbocycles. The van der Waals surface area contributed by atoms with E-state index in [1.54, 1.807) is 31.2 Å². The zero-order valence-electron chi connectivity index (χ0n) is 9.62. The highest BCUT2D eigenvalue weighted by Gasteiger charge is 2.08. The number of hydrogen-bond acceptors (Lipinski definition) is 4. The van der Waals surface area contributed by atoms with Crippen molar-refractivity contribution in [1.29, 1.82) is 0 Å². The second-order valence-corrected chi connectivity index (χ2v) is 3.89. The van der Waals surface area contributed by atoms with Crippen LogP contribution >= 0.6 is 0 Å². The Hall–Kier alpha value is -2.31. The molecule has 2 rings (SSSR count). The number of nitrogen functional groups attached to an aromatic ring is 1. The third-order valence-electron chi connectivity index (χ3n) is 2.46. The highest BCUT2D eigenvalue weighted by molar-refractivity contribution is 5.31. The first-order chi connectivity index (χ1) is 7.99. The number of aryl methyl sites for hydroxylation is 2. The van der Waals surface area contributed by atoms with Crippen molar-refractivity contribution in [2.75, 3.05) is 5.73 Å². The molecule has 0 amide bonds. The number of nitrogens with two attached hydrogens (primary N) is 1. The standard InChI is InChI=1S/C10H13N5O2/c1-13-6-8(11)9(16)15(10(13)17)5-7-3-12-14(2)4-7/h3-4,6H,5,11H2,1-2H3. The second kappa shape index (κ2) is 3.93. The van der Waals surface area contributed by atoms with Crippen molar-refractivity contribution in [1.82, 2.24) is 18.9 Å². The molecule has 0 bridgehead atoms. The lowest BCUT2D eigenvalue weighted by atomic mass is 10.3. The van der Waals surface area contributed by atoms with Crippen molar-refractivity contribution in [3.63, 3.8) is 0 Å². The van der Waals surface area contributed by atoms with Crippen LogP contribution in [0.5, 0.6) is 0 Å². The van der Waals surface area contributed by atoms with Gasteiger partial charge >= 0.3 is 5.69 Å². The van der Waals surface area contributed by atoms with E-state index in [9.17, 15) is 9.59 Å². The van der Waals surface area contributed by atoms with E-state index in [0.29, 0.717) is 0 Å². The highest BCUT2D eigenvalue weighted by Crippen LogP contribution is 1.97. The van der Waals surface area contributed by atoms with Gasteiger partial charge in [0.1, 0.15) is 5.69 Å². The van der Waals surface area contributed by atoms with Gasteiger partial charge in [-0.25, -0.2) is 4.79 Å². The largest absolute Gasteiger partial charge is 0.393 e. The zero-order chi connectivity index (χ0) is 12.6. The smallest absolute Gasteiger partial charge is 0.331 e. The number of rotatable bonds is 2. The van der Waals surface area contributed by atoms with Crippen molar-refractivity contribution in [2.45, 2.75) is 6.54 Å². The van der Waals surface area contributed by atoms with Gasteiger partial charge in [0.25, 0.3) is 5.56 Å². The predicted molar refractivity (Wildman–Crippen MR) is 62.7 cm³/mol. The molecule has 2 aromatic rings. The van der Waals surface area contributed by atoms with Crippen molar-refractivity contribution in [2.24, 2.45) is 14.1 Å². The normalized spacial score (nSPS) is 10.7. The van der Waals surface area contributed by atoms with Gasteiger partial charge in [-0.15, -0.1) is 0 Å². The summed E-state index contributed by atoms with van der Waals surface area (Å²) in [5.74, 6) is 0. The lowest BCUT2D eigenvalue weighted by Gasteiger charge is -2.06. The monoisotopic (exact) mass is 235 g/mol. The minimum Gasteiger partial charge on any atom is -0.393 e. The van der Waals surface area contributed by atoms with Crippen molar-refractivity contribution >= 4 is 5.69 Å². The molecule has 0 aromatic carbocycles. The van der Waals surface area contributed by atoms with E-state index in [1.807, 2.05) is 0 Å². The molecule has 90 valence electrons. The molecule has 0 aliphatic rings. The summed E-state index contributed by atoms with van der Waals surface area (Å²) in [5, 5.41) is 3.98. The van der Waals surface area contributed by atoms with Crippen LogP contribution in [0.4, 0.5) is 5.69 Å². The SMILES string of the molecule is Cn1cc(Cn2c(=O)c(N)cn(C)c2=O)cn1. The minimum absolute atomic E-state index is 0.0518. The molecule has 0 unspecified atom stereocenters. The van der Waals surface area contributed by atoms with Crippen LogP contribution in [0, 0.1) is 0 Å². The maximum Gasteiger partial charge on any atom is 0.331 e. The molecule has 0 atom stereocenters. The van der Waals surface area contributed by atoms with E-state index in [4.69, 9.17) is 5.73 Å². The topological polar surface area (TPSA) is 87.8 Å².